The van der Waals surface area contributed by atoms with E-state index in [2.05, 4.69) is 28.6 Å². The Kier molecular flexibility index (Phi) is 12.9. The van der Waals surface area contributed by atoms with Gasteiger partial charge in [-0.15, -0.1) is 0 Å². The van der Waals surface area contributed by atoms with Crippen LogP contribution in [0.4, 0.5) is 30.2 Å². The van der Waals surface area contributed by atoms with Gasteiger partial charge in [0.2, 0.25) is 12.3 Å². The van der Waals surface area contributed by atoms with Crippen LogP contribution in [0.3, 0.4) is 0 Å². The molecule has 0 spiro atoms. The number of nitrogens with one attached hydrogen (secondary N) is 1. The number of ether oxygens (including phenoxy) is 1. The molecule has 0 radical (unpaired) electrons. The first kappa shape index (κ1) is 43.6. The third kappa shape index (κ3) is 8.94. The van der Waals surface area contributed by atoms with E-state index in [0.717, 1.165) is 46.6 Å². The Bertz CT molecular complexity index is 2330. The van der Waals surface area contributed by atoms with Gasteiger partial charge < -0.3 is 24.0 Å². The predicted molar refractivity (Wildman–Crippen MR) is 226 cm³/mol. The van der Waals surface area contributed by atoms with Crippen LogP contribution in [0.5, 0.6) is 5.75 Å². The number of thiocarbonyl (C=S) groups is 1. The van der Waals surface area contributed by atoms with Gasteiger partial charge in [0.25, 0.3) is 11.8 Å². The summed E-state index contributed by atoms with van der Waals surface area (Å²) < 4.78 is 49.3. The van der Waals surface area contributed by atoms with Gasteiger partial charge in [-0.1, -0.05) is 0 Å². The Morgan fingerprint density at radius 2 is 1.72 bits per heavy atom. The number of nitrogens with zero attached hydrogens (tertiary/aromatic N) is 7. The standard InChI is InChI=1S/C43H47F3N8O5S/c1-28(2)52-17-13-34-36(49(5)16-14-38(56)48-27-55)23-30(24-37(34)52)39(57)51-20-18-50(19-21-51)15-6-22-59-33-11-9-31(10-12-33)54-41(60)53(40(58)42(54,3)4)32-8-7-29(26-47)35(25-32)43(44,45)46/h7-13,17,23-25,27-28H,6,14-16,18-22H2,1-5H3,(H,48,55,56). The van der Waals surface area contributed by atoms with Crippen molar-refractivity contribution < 1.29 is 37.1 Å². The highest BCUT2D eigenvalue weighted by Gasteiger charge is 2.50. The SMILES string of the molecule is CC(C)n1ccc2c(N(C)CCC(=O)NC=O)cc(C(=O)N3CCN(CCCOc4ccc(N5C(=S)N(c6ccc(C#N)c(C(F)(F)F)c6)C(=O)C5(C)C)cc4)CC3)cc21. The smallest absolute Gasteiger partial charge is 0.417 e. The lowest BCUT2D eigenvalue weighted by Crippen LogP contribution is -2.49. The van der Waals surface area contributed by atoms with Crippen LogP contribution in [0, 0.1) is 11.3 Å². The summed E-state index contributed by atoms with van der Waals surface area (Å²) in [6.07, 6.45) is -1.56. The third-order valence-electron chi connectivity index (χ3n) is 10.9. The average Bonchev–Trinajstić information content (AvgIpc) is 3.73. The lowest BCUT2D eigenvalue weighted by molar-refractivity contribution is -0.137. The van der Waals surface area contributed by atoms with Crippen LogP contribution in [0.1, 0.15) is 68.1 Å². The van der Waals surface area contributed by atoms with E-state index < -0.39 is 28.7 Å². The van der Waals surface area contributed by atoms with Crippen LogP contribution < -0.4 is 24.8 Å². The molecule has 6 rings (SSSR count). The Balaban J connectivity index is 1.02. The van der Waals surface area contributed by atoms with E-state index >= 15 is 0 Å². The molecule has 3 aromatic carbocycles. The summed E-state index contributed by atoms with van der Waals surface area (Å²) in [5, 5.41) is 12.4. The van der Waals surface area contributed by atoms with Crippen LogP contribution >= 0.6 is 12.2 Å². The molecule has 1 aromatic heterocycles. The number of piperazine rings is 1. The Morgan fingerprint density at radius 3 is 2.35 bits per heavy atom. The maximum Gasteiger partial charge on any atom is 0.417 e. The first-order valence-corrected chi connectivity index (χ1v) is 20.0. The molecule has 0 bridgehead atoms. The van der Waals surface area contributed by atoms with Gasteiger partial charge in [0.1, 0.15) is 11.3 Å². The van der Waals surface area contributed by atoms with Gasteiger partial charge in [-0.05, 0) is 107 Å². The predicted octanol–water partition coefficient (Wildman–Crippen LogP) is 6.36. The number of amides is 4. The Hall–Kier alpha value is -5.99. The summed E-state index contributed by atoms with van der Waals surface area (Å²) in [6.45, 7) is 11.5. The van der Waals surface area contributed by atoms with E-state index in [0.29, 0.717) is 62.7 Å². The maximum atomic E-state index is 13.9. The van der Waals surface area contributed by atoms with Crippen LogP contribution in [0.2, 0.25) is 0 Å². The number of hydrogen-bond acceptors (Lipinski definition) is 9. The number of halogens is 3. The van der Waals surface area contributed by atoms with E-state index in [-0.39, 0.29) is 35.1 Å². The second-order valence-electron chi connectivity index (χ2n) is 15.6. The summed E-state index contributed by atoms with van der Waals surface area (Å²) in [7, 11) is 1.87. The number of fused-ring (bicyclic) bond motifs is 1. The molecule has 2 aliphatic rings. The van der Waals surface area contributed by atoms with E-state index in [1.165, 1.54) is 6.07 Å². The number of hydrogen-bond donors (Lipinski definition) is 1. The third-order valence-corrected chi connectivity index (χ3v) is 11.3. The second-order valence-corrected chi connectivity index (χ2v) is 16.0. The van der Waals surface area contributed by atoms with E-state index in [9.17, 15) is 37.6 Å². The number of imide groups is 1. The molecule has 17 heteroatoms. The highest BCUT2D eigenvalue weighted by Crippen LogP contribution is 2.40. The number of alkyl halides is 3. The zero-order valence-electron chi connectivity index (χ0n) is 34.1. The summed E-state index contributed by atoms with van der Waals surface area (Å²) in [5.74, 6) is -0.352. The van der Waals surface area contributed by atoms with Crippen molar-refractivity contribution in [1.82, 2.24) is 19.7 Å². The van der Waals surface area contributed by atoms with Crippen molar-refractivity contribution in [1.29, 1.82) is 5.26 Å². The van der Waals surface area contributed by atoms with Gasteiger partial charge >= 0.3 is 6.18 Å². The molecule has 3 heterocycles. The fraction of sp³-hybridized carbons (Fsp3) is 0.395. The molecule has 1 N–H and O–H groups in total. The summed E-state index contributed by atoms with van der Waals surface area (Å²) in [6, 6.07) is 17.6. The molecular formula is C43H47F3N8O5S. The normalized spacial score (nSPS) is 15.8. The largest absolute Gasteiger partial charge is 0.494 e. The van der Waals surface area contributed by atoms with Crippen molar-refractivity contribution in [2.24, 2.45) is 0 Å². The molecule has 60 heavy (non-hydrogen) atoms. The van der Waals surface area contributed by atoms with Gasteiger partial charge in [0, 0.05) is 87.3 Å². The molecule has 0 aliphatic carbocycles. The van der Waals surface area contributed by atoms with Crippen molar-refractivity contribution in [3.63, 3.8) is 0 Å². The molecule has 0 atom stereocenters. The molecule has 2 aliphatic heterocycles. The fourth-order valence-corrected chi connectivity index (χ4v) is 8.17. The first-order chi connectivity index (χ1) is 28.5. The van der Waals surface area contributed by atoms with Crippen molar-refractivity contribution in [3.8, 4) is 11.8 Å². The maximum absolute atomic E-state index is 13.9. The minimum absolute atomic E-state index is 0.00767. The molecule has 0 saturated carbocycles. The van der Waals surface area contributed by atoms with Crippen LogP contribution in [-0.4, -0.2) is 102 Å². The number of carbonyl (C=O) groups is 4. The highest BCUT2D eigenvalue weighted by molar-refractivity contribution is 7.81. The van der Waals surface area contributed by atoms with Crippen molar-refractivity contribution >= 4 is 69.4 Å². The molecule has 316 valence electrons. The average molecular weight is 845 g/mol. The van der Waals surface area contributed by atoms with Gasteiger partial charge in [0.15, 0.2) is 5.11 Å². The zero-order valence-corrected chi connectivity index (χ0v) is 34.9. The minimum Gasteiger partial charge on any atom is -0.494 e. The summed E-state index contributed by atoms with van der Waals surface area (Å²) in [4.78, 5) is 58.9. The second kappa shape index (κ2) is 17.7. The summed E-state index contributed by atoms with van der Waals surface area (Å²) >= 11 is 5.65. The monoisotopic (exact) mass is 844 g/mol. The summed E-state index contributed by atoms with van der Waals surface area (Å²) in [5.41, 5.74) is -0.0981. The van der Waals surface area contributed by atoms with Crippen LogP contribution in [0.25, 0.3) is 10.9 Å². The Labute approximate surface area is 351 Å². The Morgan fingerprint density at radius 1 is 1.03 bits per heavy atom. The van der Waals surface area contributed by atoms with Crippen molar-refractivity contribution in [2.45, 2.75) is 58.3 Å². The van der Waals surface area contributed by atoms with Crippen LogP contribution in [-0.2, 0) is 20.6 Å². The number of benzene rings is 3. The van der Waals surface area contributed by atoms with Crippen LogP contribution in [0.15, 0.2) is 66.9 Å². The fourth-order valence-electron chi connectivity index (χ4n) is 7.65. The molecular weight excluding hydrogens is 798 g/mol. The molecule has 2 fully saturated rings. The van der Waals surface area contributed by atoms with E-state index in [1.807, 2.05) is 41.2 Å². The van der Waals surface area contributed by atoms with Gasteiger partial charge in [-0.2, -0.15) is 18.4 Å². The minimum atomic E-state index is -4.79. The number of carbonyl (C=O) groups excluding carboxylic acids is 4. The molecule has 4 aromatic rings. The van der Waals surface area contributed by atoms with Gasteiger partial charge in [-0.3, -0.25) is 34.3 Å². The quantitative estimate of drug-likeness (QED) is 0.0870. The number of anilines is 3. The topological polar surface area (TPSA) is 134 Å². The van der Waals surface area contributed by atoms with E-state index in [4.69, 9.17) is 17.0 Å². The molecule has 0 unspecified atom stereocenters. The van der Waals surface area contributed by atoms with Crippen molar-refractivity contribution in [3.05, 3.63) is 83.6 Å². The van der Waals surface area contributed by atoms with Gasteiger partial charge in [0.05, 0.1) is 35.0 Å². The number of aromatic nitrogens is 1. The number of nitriles is 1. The first-order valence-electron chi connectivity index (χ1n) is 19.6. The molecule has 13 nitrogen and oxygen atoms in total. The number of rotatable bonds is 14. The lowest BCUT2D eigenvalue weighted by atomic mass is 10.0. The lowest BCUT2D eigenvalue weighted by Gasteiger charge is -2.35. The molecule has 4 amide bonds. The zero-order chi connectivity index (χ0) is 43.5. The van der Waals surface area contributed by atoms with E-state index in [1.54, 1.807) is 49.1 Å². The van der Waals surface area contributed by atoms with Gasteiger partial charge in [-0.25, -0.2) is 0 Å². The van der Waals surface area contributed by atoms with Crippen molar-refractivity contribution in [2.75, 3.05) is 67.6 Å². The highest BCUT2D eigenvalue weighted by atomic mass is 32.1. The molecule has 2 saturated heterocycles.